The highest BCUT2D eigenvalue weighted by molar-refractivity contribution is 6.09. The molecule has 107 valence electrons. The minimum atomic E-state index is -0.892. The molecule has 0 atom stereocenters. The van der Waals surface area contributed by atoms with Crippen molar-refractivity contribution in [1.29, 1.82) is 0 Å². The van der Waals surface area contributed by atoms with Gasteiger partial charge >= 0.3 is 0 Å². The Bertz CT molecular complexity index is 150. The molecule has 0 aliphatic rings. The van der Waals surface area contributed by atoms with Gasteiger partial charge in [-0.05, 0) is 19.3 Å². The number of hydrogen-bond acceptors (Lipinski definition) is 3. The number of unbranched alkanes of at least 4 members (excludes halogenated alkanes) is 3. The highest BCUT2D eigenvalue weighted by atomic mass is 28.1. The molecule has 4 heteroatoms. The van der Waals surface area contributed by atoms with Crippen molar-refractivity contribution >= 4 is 10.2 Å². The fourth-order valence-electron chi connectivity index (χ4n) is 1.39. The lowest BCUT2D eigenvalue weighted by Gasteiger charge is -2.32. The van der Waals surface area contributed by atoms with E-state index in [1.807, 2.05) is 0 Å². The van der Waals surface area contributed by atoms with Gasteiger partial charge in [-0.1, -0.05) is 40.0 Å². The van der Waals surface area contributed by atoms with E-state index in [9.17, 15) is 0 Å². The van der Waals surface area contributed by atoms with Crippen molar-refractivity contribution in [1.82, 2.24) is 0 Å². The van der Waals surface area contributed by atoms with E-state index in [0.717, 1.165) is 38.5 Å². The van der Waals surface area contributed by atoms with Gasteiger partial charge in [-0.3, -0.25) is 0 Å². The fourth-order valence-corrected chi connectivity index (χ4v) is 1.70. The van der Waals surface area contributed by atoms with Gasteiger partial charge in [0, 0.05) is 16.3 Å². The SMILES string of the molecule is CCCCOC(C[Si])(OCCCC)OCCCC. The largest absolute Gasteiger partial charge is 0.328 e. The molecule has 0 rings (SSSR count). The zero-order valence-corrected chi connectivity index (χ0v) is 13.3. The lowest BCUT2D eigenvalue weighted by atomic mass is 10.3. The molecule has 0 fully saturated rings. The van der Waals surface area contributed by atoms with Crippen molar-refractivity contribution < 1.29 is 14.2 Å². The highest BCUT2D eigenvalue weighted by Gasteiger charge is 2.30. The molecule has 0 unspecified atom stereocenters. The lowest BCUT2D eigenvalue weighted by Crippen LogP contribution is -2.40. The van der Waals surface area contributed by atoms with Gasteiger partial charge in [0.1, 0.15) is 0 Å². The highest BCUT2D eigenvalue weighted by Crippen LogP contribution is 2.21. The summed E-state index contributed by atoms with van der Waals surface area (Å²) in [7, 11) is 3.51. The van der Waals surface area contributed by atoms with E-state index in [1.165, 1.54) is 0 Å². The Balaban J connectivity index is 4.20. The van der Waals surface area contributed by atoms with Gasteiger partial charge in [-0.15, -0.1) is 0 Å². The molecule has 0 heterocycles. The molecule has 0 aliphatic heterocycles. The van der Waals surface area contributed by atoms with Crippen LogP contribution in [-0.4, -0.2) is 36.0 Å². The van der Waals surface area contributed by atoms with Crippen LogP contribution in [0.15, 0.2) is 0 Å². The first-order valence-corrected chi connectivity index (χ1v) is 8.01. The molecule has 0 aromatic heterocycles. The summed E-state index contributed by atoms with van der Waals surface area (Å²) >= 11 is 0. The van der Waals surface area contributed by atoms with Crippen LogP contribution in [0.5, 0.6) is 0 Å². The third kappa shape index (κ3) is 8.24. The Morgan fingerprint density at radius 2 is 1.06 bits per heavy atom. The minimum absolute atomic E-state index is 0.546. The van der Waals surface area contributed by atoms with E-state index in [4.69, 9.17) is 14.2 Å². The molecule has 3 radical (unpaired) electrons. The van der Waals surface area contributed by atoms with Gasteiger partial charge < -0.3 is 14.2 Å². The average Bonchev–Trinajstić information content (AvgIpc) is 2.39. The van der Waals surface area contributed by atoms with Crippen LogP contribution in [0.4, 0.5) is 0 Å². The van der Waals surface area contributed by atoms with Crippen LogP contribution in [0, 0.1) is 0 Å². The lowest BCUT2D eigenvalue weighted by molar-refractivity contribution is -0.369. The molecular weight excluding hydrogens is 244 g/mol. The number of ether oxygens (including phenoxy) is 3. The first-order valence-electron chi connectivity index (χ1n) is 7.31. The third-order valence-electron chi connectivity index (χ3n) is 2.68. The Hall–Kier alpha value is 0.0969. The van der Waals surface area contributed by atoms with E-state index in [2.05, 4.69) is 31.0 Å². The van der Waals surface area contributed by atoms with E-state index < -0.39 is 5.97 Å². The summed E-state index contributed by atoms with van der Waals surface area (Å²) in [6.45, 7) is 8.48. The average molecular weight is 273 g/mol. The van der Waals surface area contributed by atoms with Crippen LogP contribution >= 0.6 is 0 Å². The third-order valence-corrected chi connectivity index (χ3v) is 3.11. The first kappa shape index (κ1) is 18.1. The summed E-state index contributed by atoms with van der Waals surface area (Å²) in [4.78, 5) is 0. The van der Waals surface area contributed by atoms with Crippen LogP contribution in [0.2, 0.25) is 6.04 Å². The second-order valence-electron chi connectivity index (χ2n) is 4.47. The van der Waals surface area contributed by atoms with Crippen LogP contribution in [0.1, 0.15) is 59.3 Å². The van der Waals surface area contributed by atoms with E-state index >= 15 is 0 Å². The van der Waals surface area contributed by atoms with Gasteiger partial charge in [-0.2, -0.15) is 0 Å². The maximum Gasteiger partial charge on any atom is 0.279 e. The predicted molar refractivity (Wildman–Crippen MR) is 75.9 cm³/mol. The zero-order chi connectivity index (χ0) is 13.7. The summed E-state index contributed by atoms with van der Waals surface area (Å²) in [6, 6.07) is 0.546. The summed E-state index contributed by atoms with van der Waals surface area (Å²) < 4.78 is 17.5. The van der Waals surface area contributed by atoms with E-state index in [1.54, 1.807) is 0 Å². The quantitative estimate of drug-likeness (QED) is 0.291. The molecule has 0 spiro atoms. The molecule has 0 aromatic carbocycles. The normalized spacial score (nSPS) is 12.0. The second kappa shape index (κ2) is 12.1. The van der Waals surface area contributed by atoms with Crippen molar-refractivity contribution in [3.05, 3.63) is 0 Å². The van der Waals surface area contributed by atoms with Crippen LogP contribution in [0.3, 0.4) is 0 Å². The molecule has 0 saturated heterocycles. The smallest absolute Gasteiger partial charge is 0.279 e. The maximum atomic E-state index is 5.82. The van der Waals surface area contributed by atoms with Crippen LogP contribution < -0.4 is 0 Å². The summed E-state index contributed by atoms with van der Waals surface area (Å²) in [5.74, 6) is -0.892. The Labute approximate surface area is 116 Å². The van der Waals surface area contributed by atoms with Gasteiger partial charge in [0.2, 0.25) is 0 Å². The van der Waals surface area contributed by atoms with Crippen molar-refractivity contribution in [2.75, 3.05) is 19.8 Å². The Kier molecular flexibility index (Phi) is 12.2. The molecule has 0 aromatic rings. The number of rotatable bonds is 13. The summed E-state index contributed by atoms with van der Waals surface area (Å²) in [6.07, 6.45) is 6.43. The van der Waals surface area contributed by atoms with Crippen LogP contribution in [0.25, 0.3) is 0 Å². The van der Waals surface area contributed by atoms with E-state index in [-0.39, 0.29) is 0 Å². The monoisotopic (exact) mass is 273 g/mol. The Morgan fingerprint density at radius 1 is 0.722 bits per heavy atom. The summed E-state index contributed by atoms with van der Waals surface area (Å²) in [5, 5.41) is 0. The predicted octanol–water partition coefficient (Wildman–Crippen LogP) is 3.68. The molecular formula is C14H29O3Si. The molecule has 0 bridgehead atoms. The van der Waals surface area contributed by atoms with E-state index in [0.29, 0.717) is 25.9 Å². The molecule has 0 saturated carbocycles. The van der Waals surface area contributed by atoms with Crippen LogP contribution in [-0.2, 0) is 14.2 Å². The van der Waals surface area contributed by atoms with Crippen molar-refractivity contribution in [2.45, 2.75) is 71.3 Å². The van der Waals surface area contributed by atoms with Gasteiger partial charge in [0.05, 0.1) is 19.8 Å². The van der Waals surface area contributed by atoms with Crippen molar-refractivity contribution in [2.24, 2.45) is 0 Å². The standard InChI is InChI=1S/C14H29O3Si/c1-4-7-10-15-14(13-18,16-11-8-5-2)17-12-9-6-3/h4-13H2,1-3H3. The first-order chi connectivity index (χ1) is 8.74. The molecule has 18 heavy (non-hydrogen) atoms. The van der Waals surface area contributed by atoms with Gasteiger partial charge in [-0.25, -0.2) is 0 Å². The minimum Gasteiger partial charge on any atom is -0.328 e. The van der Waals surface area contributed by atoms with Crippen molar-refractivity contribution in [3.63, 3.8) is 0 Å². The molecule has 0 amide bonds. The molecule has 3 nitrogen and oxygen atoms in total. The fraction of sp³-hybridized carbons (Fsp3) is 1.00. The maximum absolute atomic E-state index is 5.82. The topological polar surface area (TPSA) is 27.7 Å². The molecule has 0 aliphatic carbocycles. The van der Waals surface area contributed by atoms with Crippen molar-refractivity contribution in [3.8, 4) is 0 Å². The zero-order valence-electron chi connectivity index (χ0n) is 12.3. The van der Waals surface area contributed by atoms with Gasteiger partial charge in [0.15, 0.2) is 0 Å². The number of hydrogen-bond donors (Lipinski definition) is 0. The second-order valence-corrected chi connectivity index (χ2v) is 4.82. The molecule has 0 N–H and O–H groups in total. The van der Waals surface area contributed by atoms with Gasteiger partial charge in [0.25, 0.3) is 5.97 Å². The Morgan fingerprint density at radius 3 is 1.28 bits per heavy atom. The summed E-state index contributed by atoms with van der Waals surface area (Å²) in [5.41, 5.74) is 0.